The number of anilines is 1. The van der Waals surface area contributed by atoms with Crippen LogP contribution in [0, 0.1) is 5.41 Å². The molecule has 0 aliphatic heterocycles. The molecule has 2 N–H and O–H groups in total. The van der Waals surface area contributed by atoms with Crippen LogP contribution in [0.15, 0.2) is 72.5 Å². The fourth-order valence-corrected chi connectivity index (χ4v) is 4.38. The fourth-order valence-electron chi connectivity index (χ4n) is 3.44. The summed E-state index contributed by atoms with van der Waals surface area (Å²) < 4.78 is 51.1. The number of benzene rings is 1. The Morgan fingerprint density at radius 3 is 2.32 bits per heavy atom. The first-order valence-electron chi connectivity index (χ1n) is 11.7. The monoisotopic (exact) mass is 585 g/mol. The van der Waals surface area contributed by atoms with Gasteiger partial charge >= 0.3 is 0 Å². The summed E-state index contributed by atoms with van der Waals surface area (Å²) in [4.78, 5) is 17.1. The van der Waals surface area contributed by atoms with Crippen LogP contribution in [0.2, 0.25) is 0 Å². The molecule has 3 heterocycles. The second kappa shape index (κ2) is 13.5. The van der Waals surface area contributed by atoms with Gasteiger partial charge < -0.3 is 18.9 Å². The molecule has 41 heavy (non-hydrogen) atoms. The van der Waals surface area contributed by atoms with Crippen LogP contribution in [-0.2, 0) is 14.8 Å². The van der Waals surface area contributed by atoms with Gasteiger partial charge in [0, 0.05) is 47.5 Å². The molecule has 0 aliphatic carbocycles. The SMILES string of the molecule is C=C(C)c1ccc(S(=O)(=O)Nc2nc(-c3ccnc(C(=N)OC)c3)nc(OC)c2Oc2ccccc2OC)nc1.[Na]. The Kier molecular flexibility index (Phi) is 10.4. The molecule has 1 aromatic carbocycles. The van der Waals surface area contributed by atoms with Gasteiger partial charge in [-0.1, -0.05) is 24.8 Å². The molecule has 0 saturated heterocycles. The summed E-state index contributed by atoms with van der Waals surface area (Å²) in [6.45, 7) is 5.63. The fraction of sp³-hybridized carbons (Fsp3) is 0.148. The van der Waals surface area contributed by atoms with E-state index in [-0.39, 0.29) is 75.2 Å². The van der Waals surface area contributed by atoms with Gasteiger partial charge in [-0.2, -0.15) is 13.4 Å². The molecule has 0 unspecified atom stereocenters. The first-order chi connectivity index (χ1) is 19.2. The maximum Gasteiger partial charge on any atom is 0.280 e. The average molecular weight is 586 g/mol. The first kappa shape index (κ1) is 31.5. The van der Waals surface area contributed by atoms with E-state index in [1.54, 1.807) is 43.3 Å². The van der Waals surface area contributed by atoms with E-state index in [1.165, 1.54) is 45.9 Å². The number of allylic oxidation sites excluding steroid dienone is 1. The molecule has 0 spiro atoms. The Hall–Kier alpha value is -4.04. The van der Waals surface area contributed by atoms with E-state index in [0.29, 0.717) is 16.9 Å². The van der Waals surface area contributed by atoms with E-state index >= 15 is 0 Å². The number of para-hydroxylation sites is 2. The van der Waals surface area contributed by atoms with E-state index in [4.69, 9.17) is 24.4 Å². The molecule has 0 bridgehead atoms. The van der Waals surface area contributed by atoms with Crippen LogP contribution in [0.3, 0.4) is 0 Å². The summed E-state index contributed by atoms with van der Waals surface area (Å²) in [5.74, 6) is 0.144. The van der Waals surface area contributed by atoms with E-state index in [1.807, 2.05) is 0 Å². The number of ether oxygens (including phenoxy) is 4. The molecule has 0 aliphatic rings. The Morgan fingerprint density at radius 2 is 1.71 bits per heavy atom. The minimum Gasteiger partial charge on any atom is -0.493 e. The summed E-state index contributed by atoms with van der Waals surface area (Å²) in [6, 6.07) is 12.9. The third kappa shape index (κ3) is 7.19. The third-order valence-electron chi connectivity index (χ3n) is 5.50. The summed E-state index contributed by atoms with van der Waals surface area (Å²) in [5, 5.41) is 7.67. The van der Waals surface area contributed by atoms with Crippen molar-refractivity contribution in [2.75, 3.05) is 26.1 Å². The van der Waals surface area contributed by atoms with Crippen LogP contribution >= 0.6 is 0 Å². The normalized spacial score (nSPS) is 10.6. The first-order valence-corrected chi connectivity index (χ1v) is 13.2. The Balaban J connectivity index is 0.00000462. The summed E-state index contributed by atoms with van der Waals surface area (Å²) in [5.41, 5.74) is 2.07. The summed E-state index contributed by atoms with van der Waals surface area (Å²) in [6.07, 6.45) is 2.86. The standard InChI is InChI=1S/C27H26N6O6S.Na/c1-16(2)18-10-11-22(30-15-18)40(34,35)33-26-23(39-21-9-7-6-8-20(21)36-3)27(38-5)32-25(31-26)17-12-13-29-19(14-17)24(28)37-4;/h6-15,28H,1H2,2-5H3,(H,31,32,33);. The number of hydrogen-bond acceptors (Lipinski definition) is 11. The van der Waals surface area contributed by atoms with Crippen LogP contribution in [0.1, 0.15) is 18.2 Å². The predicted octanol–water partition coefficient (Wildman–Crippen LogP) is 4.17. The predicted molar refractivity (Wildman–Crippen MR) is 154 cm³/mol. The second-order valence-corrected chi connectivity index (χ2v) is 9.85. The smallest absolute Gasteiger partial charge is 0.280 e. The Bertz CT molecular complexity index is 1680. The molecule has 3 aromatic heterocycles. The number of rotatable bonds is 10. The van der Waals surface area contributed by atoms with Gasteiger partial charge in [0.1, 0.15) is 5.69 Å². The molecular weight excluding hydrogens is 559 g/mol. The minimum absolute atomic E-state index is 0. The van der Waals surface area contributed by atoms with Crippen molar-refractivity contribution in [3.8, 4) is 34.5 Å². The van der Waals surface area contributed by atoms with Gasteiger partial charge in [0.25, 0.3) is 15.9 Å². The molecule has 0 fully saturated rings. The van der Waals surface area contributed by atoms with Crippen molar-refractivity contribution in [1.29, 1.82) is 5.41 Å². The molecule has 0 amide bonds. The largest absolute Gasteiger partial charge is 0.493 e. The van der Waals surface area contributed by atoms with Gasteiger partial charge in [0.2, 0.25) is 11.6 Å². The van der Waals surface area contributed by atoms with Gasteiger partial charge in [-0.25, -0.2) is 9.97 Å². The van der Waals surface area contributed by atoms with Crippen molar-refractivity contribution < 1.29 is 27.4 Å². The zero-order valence-electron chi connectivity index (χ0n) is 23.1. The average Bonchev–Trinajstić information content (AvgIpc) is 2.97. The van der Waals surface area contributed by atoms with E-state index < -0.39 is 10.0 Å². The molecule has 4 aromatic rings. The molecule has 0 atom stereocenters. The maximum absolute atomic E-state index is 13.4. The number of aromatic nitrogens is 4. The van der Waals surface area contributed by atoms with Crippen LogP contribution in [0.25, 0.3) is 17.0 Å². The van der Waals surface area contributed by atoms with Gasteiger partial charge in [-0.05, 0) is 48.4 Å². The van der Waals surface area contributed by atoms with Crippen LogP contribution in [-0.4, -0.2) is 85.1 Å². The van der Waals surface area contributed by atoms with Crippen molar-refractivity contribution in [2.24, 2.45) is 0 Å². The molecule has 4 rings (SSSR count). The second-order valence-electron chi connectivity index (χ2n) is 8.22. The van der Waals surface area contributed by atoms with Crippen molar-refractivity contribution in [3.05, 3.63) is 78.8 Å². The van der Waals surface area contributed by atoms with Crippen LogP contribution in [0.4, 0.5) is 5.82 Å². The topological polar surface area (TPSA) is 158 Å². The summed E-state index contributed by atoms with van der Waals surface area (Å²) >= 11 is 0. The van der Waals surface area contributed by atoms with Crippen molar-refractivity contribution in [2.45, 2.75) is 11.9 Å². The van der Waals surface area contributed by atoms with Crippen LogP contribution in [0.5, 0.6) is 23.1 Å². The number of sulfonamides is 1. The van der Waals surface area contributed by atoms with Crippen LogP contribution < -0.4 is 18.9 Å². The van der Waals surface area contributed by atoms with Gasteiger partial charge in [-0.3, -0.25) is 15.1 Å². The zero-order chi connectivity index (χ0) is 28.9. The maximum atomic E-state index is 13.4. The van der Waals surface area contributed by atoms with Gasteiger partial charge in [-0.15, -0.1) is 0 Å². The molecule has 1 radical (unpaired) electrons. The number of nitrogens with zero attached hydrogens (tertiary/aromatic N) is 4. The number of nitrogens with one attached hydrogen (secondary N) is 2. The van der Waals surface area contributed by atoms with Gasteiger partial charge in [0.05, 0.1) is 21.3 Å². The van der Waals surface area contributed by atoms with Crippen molar-refractivity contribution >= 4 is 56.9 Å². The summed E-state index contributed by atoms with van der Waals surface area (Å²) in [7, 11) is -0.0680. The number of methoxy groups -OCH3 is 3. The van der Waals surface area contributed by atoms with E-state index in [2.05, 4.69) is 31.2 Å². The van der Waals surface area contributed by atoms with Gasteiger partial charge in [0.15, 0.2) is 28.2 Å². The quantitative estimate of drug-likeness (QED) is 0.157. The van der Waals surface area contributed by atoms with Crippen molar-refractivity contribution in [1.82, 2.24) is 19.9 Å². The molecule has 0 saturated carbocycles. The number of pyridine rings is 2. The van der Waals surface area contributed by atoms with Crippen molar-refractivity contribution in [3.63, 3.8) is 0 Å². The number of hydrogen-bond donors (Lipinski definition) is 2. The third-order valence-corrected chi connectivity index (χ3v) is 6.75. The zero-order valence-corrected chi connectivity index (χ0v) is 25.9. The molecule has 12 nitrogen and oxygen atoms in total. The van der Waals surface area contributed by atoms with E-state index in [0.717, 1.165) is 5.57 Å². The van der Waals surface area contributed by atoms with E-state index in [9.17, 15) is 8.42 Å². The molecular formula is C27H26N6NaO6S. The molecule has 14 heteroatoms. The Labute approximate surface area is 259 Å². The Morgan fingerprint density at radius 1 is 0.976 bits per heavy atom. The minimum atomic E-state index is -4.25. The molecule has 207 valence electrons.